The number of likely N-dealkylation sites (tertiary alicyclic amines) is 1. The summed E-state index contributed by atoms with van der Waals surface area (Å²) in [4.78, 5) is 28.5. The number of rotatable bonds is 11. The number of halogens is 2. The number of alkyl halides is 2. The third-order valence-corrected chi connectivity index (χ3v) is 7.93. The van der Waals surface area contributed by atoms with Gasteiger partial charge in [-0.25, -0.2) is 8.78 Å². The summed E-state index contributed by atoms with van der Waals surface area (Å²) in [7, 11) is 1.59. The molecule has 8 heteroatoms. The second-order valence-corrected chi connectivity index (χ2v) is 10.9. The third-order valence-electron chi connectivity index (χ3n) is 7.93. The summed E-state index contributed by atoms with van der Waals surface area (Å²) in [6, 6.07) is 22.7. The number of methoxy groups -OCH3 is 1. The van der Waals surface area contributed by atoms with Crippen LogP contribution in [0.5, 0.6) is 5.75 Å². The van der Waals surface area contributed by atoms with Gasteiger partial charge >= 0.3 is 0 Å². The molecule has 3 aromatic rings. The summed E-state index contributed by atoms with van der Waals surface area (Å²) < 4.78 is 32.6. The molecular weight excluding hydrogens is 512 g/mol. The lowest BCUT2D eigenvalue weighted by atomic mass is 9.73. The van der Waals surface area contributed by atoms with E-state index in [4.69, 9.17) is 4.74 Å². The van der Waals surface area contributed by atoms with Gasteiger partial charge in [0.2, 0.25) is 5.91 Å². The molecule has 2 aliphatic rings. The van der Waals surface area contributed by atoms with Gasteiger partial charge in [-0.1, -0.05) is 55.0 Å². The first-order valence-corrected chi connectivity index (χ1v) is 13.7. The normalized spacial score (nSPS) is 16.0. The summed E-state index contributed by atoms with van der Waals surface area (Å²) in [5.74, 6) is -2.77. The number of amides is 2. The van der Waals surface area contributed by atoms with E-state index in [0.717, 1.165) is 61.7 Å². The molecule has 1 saturated heterocycles. The number of carbonyl (C=O) groups excluding carboxylic acids is 2. The van der Waals surface area contributed by atoms with Gasteiger partial charge in [0.15, 0.2) is 0 Å². The van der Waals surface area contributed by atoms with Crippen LogP contribution in [0.15, 0.2) is 72.8 Å². The quantitative estimate of drug-likeness (QED) is 0.331. The molecule has 2 N–H and O–H groups in total. The van der Waals surface area contributed by atoms with Crippen LogP contribution in [0.25, 0.3) is 11.1 Å². The Kier molecular flexibility index (Phi) is 7.90. The fraction of sp³-hybridized carbons (Fsp3) is 0.375. The highest BCUT2D eigenvalue weighted by molar-refractivity contribution is 6.00. The highest BCUT2D eigenvalue weighted by Crippen LogP contribution is 2.51. The molecule has 1 aliphatic heterocycles. The van der Waals surface area contributed by atoms with Crippen LogP contribution >= 0.6 is 0 Å². The van der Waals surface area contributed by atoms with Gasteiger partial charge in [-0.3, -0.25) is 14.5 Å². The zero-order valence-electron chi connectivity index (χ0n) is 22.9. The maximum Gasteiger partial charge on any atom is 0.262 e. The van der Waals surface area contributed by atoms with Crippen molar-refractivity contribution in [2.24, 2.45) is 0 Å². The molecule has 40 heavy (non-hydrogen) atoms. The molecule has 0 spiro atoms. The predicted molar refractivity (Wildman–Crippen MR) is 151 cm³/mol. The van der Waals surface area contributed by atoms with Crippen molar-refractivity contribution < 1.29 is 23.1 Å². The SMILES string of the molecule is COc1ccc(C(=O)NC2CN(CCCCC3(C(=O)NCC(C)(F)F)c4ccccc4-c4ccccc43)C2)cc1. The van der Waals surface area contributed by atoms with Crippen molar-refractivity contribution in [1.82, 2.24) is 15.5 Å². The number of benzene rings is 3. The van der Waals surface area contributed by atoms with Crippen LogP contribution in [0.3, 0.4) is 0 Å². The van der Waals surface area contributed by atoms with Crippen LogP contribution in [-0.4, -0.2) is 62.0 Å². The van der Waals surface area contributed by atoms with Crippen molar-refractivity contribution in [2.45, 2.75) is 43.6 Å². The van der Waals surface area contributed by atoms with E-state index in [-0.39, 0.29) is 17.9 Å². The lowest BCUT2D eigenvalue weighted by Crippen LogP contribution is -2.59. The van der Waals surface area contributed by atoms with Gasteiger partial charge < -0.3 is 15.4 Å². The van der Waals surface area contributed by atoms with Gasteiger partial charge in [-0.15, -0.1) is 0 Å². The Balaban J connectivity index is 1.20. The molecule has 0 radical (unpaired) electrons. The first-order valence-electron chi connectivity index (χ1n) is 13.7. The Morgan fingerprint density at radius 3 is 2.12 bits per heavy atom. The first kappa shape index (κ1) is 27.8. The molecular formula is C32H35F2N3O3. The Hall–Kier alpha value is -3.78. The van der Waals surface area contributed by atoms with Crippen molar-refractivity contribution in [3.63, 3.8) is 0 Å². The van der Waals surface area contributed by atoms with E-state index < -0.39 is 17.9 Å². The van der Waals surface area contributed by atoms with Crippen molar-refractivity contribution in [3.8, 4) is 16.9 Å². The van der Waals surface area contributed by atoms with E-state index in [1.807, 2.05) is 48.5 Å². The van der Waals surface area contributed by atoms with Crippen LogP contribution < -0.4 is 15.4 Å². The van der Waals surface area contributed by atoms with Crippen molar-refractivity contribution >= 4 is 11.8 Å². The van der Waals surface area contributed by atoms with Crippen molar-refractivity contribution in [2.75, 3.05) is 33.3 Å². The summed E-state index contributed by atoms with van der Waals surface area (Å²) in [6.45, 7) is 2.49. The molecule has 0 bridgehead atoms. The average molecular weight is 548 g/mol. The van der Waals surface area contributed by atoms with Crippen LogP contribution in [0.4, 0.5) is 8.78 Å². The summed E-state index contributed by atoms with van der Waals surface area (Å²) in [5, 5.41) is 5.63. The summed E-state index contributed by atoms with van der Waals surface area (Å²) in [5.41, 5.74) is 3.30. The van der Waals surface area contributed by atoms with E-state index in [2.05, 4.69) is 15.5 Å². The largest absolute Gasteiger partial charge is 0.497 e. The minimum Gasteiger partial charge on any atom is -0.497 e. The molecule has 1 heterocycles. The Labute approximate surface area is 233 Å². The minimum absolute atomic E-state index is 0.0935. The Morgan fingerprint density at radius 2 is 1.55 bits per heavy atom. The third kappa shape index (κ3) is 5.59. The molecule has 6 nitrogen and oxygen atoms in total. The molecule has 5 rings (SSSR count). The van der Waals surface area contributed by atoms with Gasteiger partial charge in [0, 0.05) is 25.6 Å². The number of nitrogens with zero attached hydrogens (tertiary/aromatic N) is 1. The molecule has 1 fully saturated rings. The van der Waals surface area contributed by atoms with E-state index in [1.165, 1.54) is 0 Å². The van der Waals surface area contributed by atoms with Crippen LogP contribution in [0.2, 0.25) is 0 Å². The number of unbranched alkanes of at least 4 members (excludes halogenated alkanes) is 1. The van der Waals surface area contributed by atoms with Gasteiger partial charge in [0.1, 0.15) is 11.2 Å². The molecule has 3 aromatic carbocycles. The van der Waals surface area contributed by atoms with Crippen molar-refractivity contribution in [3.05, 3.63) is 89.5 Å². The lowest BCUT2D eigenvalue weighted by molar-refractivity contribution is -0.127. The van der Waals surface area contributed by atoms with Crippen LogP contribution in [0, 0.1) is 0 Å². The number of nitrogens with one attached hydrogen (secondary N) is 2. The Morgan fingerprint density at radius 1 is 0.950 bits per heavy atom. The standard InChI is InChI=1S/C32H35F2N3O3/c1-31(33,34)21-35-30(39)32(27-11-5-3-9-25(27)26-10-4-6-12-28(26)32)17-7-8-18-37-19-23(20-37)36-29(38)22-13-15-24(40-2)16-14-22/h3-6,9-16,23H,7-8,17-21H2,1-2H3,(H,35,39)(H,36,38). The lowest BCUT2D eigenvalue weighted by Gasteiger charge is -2.40. The monoisotopic (exact) mass is 547 g/mol. The molecule has 0 unspecified atom stereocenters. The average Bonchev–Trinajstić information content (AvgIpc) is 3.22. The van der Waals surface area contributed by atoms with Crippen LogP contribution in [-0.2, 0) is 10.2 Å². The molecule has 0 atom stereocenters. The summed E-state index contributed by atoms with van der Waals surface area (Å²) >= 11 is 0. The van der Waals surface area contributed by atoms with E-state index >= 15 is 0 Å². The zero-order chi connectivity index (χ0) is 28.3. The molecule has 0 saturated carbocycles. The topological polar surface area (TPSA) is 70.7 Å². The molecule has 2 amide bonds. The number of fused-ring (bicyclic) bond motifs is 3. The molecule has 1 aliphatic carbocycles. The van der Waals surface area contributed by atoms with Gasteiger partial charge in [0.05, 0.1) is 19.7 Å². The fourth-order valence-corrected chi connectivity index (χ4v) is 5.92. The van der Waals surface area contributed by atoms with Gasteiger partial charge in [0.25, 0.3) is 11.8 Å². The Bertz CT molecular complexity index is 1320. The number of hydrogen-bond donors (Lipinski definition) is 2. The highest BCUT2D eigenvalue weighted by Gasteiger charge is 2.48. The summed E-state index contributed by atoms with van der Waals surface area (Å²) in [6.07, 6.45) is 2.12. The van der Waals surface area contributed by atoms with Crippen LogP contribution in [0.1, 0.15) is 47.7 Å². The zero-order valence-corrected chi connectivity index (χ0v) is 22.9. The maximum atomic E-state index is 13.7. The predicted octanol–water partition coefficient (Wildman–Crippen LogP) is 5.02. The first-order chi connectivity index (χ1) is 19.2. The maximum absolute atomic E-state index is 13.7. The number of carbonyl (C=O) groups is 2. The number of hydrogen-bond acceptors (Lipinski definition) is 4. The second-order valence-electron chi connectivity index (χ2n) is 10.9. The smallest absolute Gasteiger partial charge is 0.262 e. The van der Waals surface area contributed by atoms with Gasteiger partial charge in [-0.05, 0) is 65.9 Å². The van der Waals surface area contributed by atoms with Gasteiger partial charge in [-0.2, -0.15) is 0 Å². The van der Waals surface area contributed by atoms with E-state index in [9.17, 15) is 18.4 Å². The highest BCUT2D eigenvalue weighted by atomic mass is 19.3. The van der Waals surface area contributed by atoms with Crippen molar-refractivity contribution in [1.29, 1.82) is 0 Å². The second kappa shape index (κ2) is 11.4. The molecule has 210 valence electrons. The number of ether oxygens (including phenoxy) is 1. The fourth-order valence-electron chi connectivity index (χ4n) is 5.92. The van der Waals surface area contributed by atoms with E-state index in [0.29, 0.717) is 17.7 Å². The minimum atomic E-state index is -2.99. The molecule has 0 aromatic heterocycles. The van der Waals surface area contributed by atoms with E-state index in [1.54, 1.807) is 31.4 Å².